The van der Waals surface area contributed by atoms with Gasteiger partial charge in [-0.2, -0.15) is 11.8 Å². The van der Waals surface area contributed by atoms with Crippen molar-refractivity contribution in [3.8, 4) is 0 Å². The average Bonchev–Trinajstić information content (AvgIpc) is 2.70. The maximum Gasteiger partial charge on any atom is 0.0254 e. The van der Waals surface area contributed by atoms with E-state index in [0.29, 0.717) is 18.0 Å². The van der Waals surface area contributed by atoms with Crippen molar-refractivity contribution in [1.29, 1.82) is 0 Å². The van der Waals surface area contributed by atoms with Crippen molar-refractivity contribution in [2.24, 2.45) is 17.6 Å². The lowest BCUT2D eigenvalue weighted by Gasteiger charge is -2.37. The summed E-state index contributed by atoms with van der Waals surface area (Å²) in [6, 6.07) is 1.21. The number of nitrogens with zero attached hydrogens (tertiary/aromatic N) is 1. The van der Waals surface area contributed by atoms with Crippen LogP contribution in [-0.2, 0) is 0 Å². The number of likely N-dealkylation sites (N-methyl/N-ethyl adjacent to an activating group) is 1. The zero-order chi connectivity index (χ0) is 11.4. The van der Waals surface area contributed by atoms with Gasteiger partial charge in [-0.1, -0.05) is 13.8 Å². The molecule has 0 aromatic heterocycles. The summed E-state index contributed by atoms with van der Waals surface area (Å²) in [4.78, 5) is 2.50. The van der Waals surface area contributed by atoms with Gasteiger partial charge >= 0.3 is 0 Å². The van der Waals surface area contributed by atoms with E-state index in [9.17, 15) is 0 Å². The Hall–Kier alpha value is 0.270. The van der Waals surface area contributed by atoms with Gasteiger partial charge in [-0.15, -0.1) is 0 Å². The van der Waals surface area contributed by atoms with Crippen molar-refractivity contribution in [2.45, 2.75) is 39.3 Å². The van der Waals surface area contributed by atoms with Crippen LogP contribution in [0.2, 0.25) is 0 Å². The van der Waals surface area contributed by atoms with Gasteiger partial charge in [0, 0.05) is 18.6 Å². The Kier molecular flexibility index (Phi) is 5.44. The van der Waals surface area contributed by atoms with Crippen LogP contribution in [0.25, 0.3) is 0 Å². The Bertz CT molecular complexity index is 178. The summed E-state index contributed by atoms with van der Waals surface area (Å²) in [5, 5.41) is 0. The predicted octanol–water partition coefficient (Wildman–Crippen LogP) is 2.04. The second-order valence-electron chi connectivity index (χ2n) is 5.08. The lowest BCUT2D eigenvalue weighted by atomic mass is 9.94. The molecule has 3 heteroatoms. The van der Waals surface area contributed by atoms with Crippen LogP contribution in [0.4, 0.5) is 0 Å². The van der Waals surface area contributed by atoms with Crippen LogP contribution >= 0.6 is 11.8 Å². The van der Waals surface area contributed by atoms with E-state index in [2.05, 4.69) is 44.5 Å². The molecule has 0 aromatic rings. The molecule has 1 rings (SSSR count). The molecule has 15 heavy (non-hydrogen) atoms. The largest absolute Gasteiger partial charge is 0.329 e. The molecule has 1 fully saturated rings. The van der Waals surface area contributed by atoms with Crippen LogP contribution in [0, 0.1) is 11.8 Å². The zero-order valence-electron chi connectivity index (χ0n) is 10.6. The minimum atomic E-state index is 0.581. The van der Waals surface area contributed by atoms with Crippen LogP contribution in [0.5, 0.6) is 0 Å². The molecule has 3 atom stereocenters. The summed E-state index contributed by atoms with van der Waals surface area (Å²) in [5.74, 6) is 4.14. The fourth-order valence-electron chi connectivity index (χ4n) is 2.32. The Balaban J connectivity index is 2.56. The maximum atomic E-state index is 5.94. The van der Waals surface area contributed by atoms with Crippen LogP contribution in [0.1, 0.15) is 27.2 Å². The third kappa shape index (κ3) is 3.36. The summed E-state index contributed by atoms with van der Waals surface area (Å²) in [6.07, 6.45) is 1.35. The summed E-state index contributed by atoms with van der Waals surface area (Å²) in [5.41, 5.74) is 5.94. The lowest BCUT2D eigenvalue weighted by molar-refractivity contribution is 0.117. The summed E-state index contributed by atoms with van der Waals surface area (Å²) < 4.78 is 0. The van der Waals surface area contributed by atoms with Crippen LogP contribution in [0.3, 0.4) is 0 Å². The number of hydrogen-bond acceptors (Lipinski definition) is 3. The highest BCUT2D eigenvalue weighted by molar-refractivity contribution is 7.99. The van der Waals surface area contributed by atoms with Crippen LogP contribution in [0.15, 0.2) is 0 Å². The van der Waals surface area contributed by atoms with Crippen molar-refractivity contribution in [2.75, 3.05) is 25.1 Å². The van der Waals surface area contributed by atoms with E-state index in [1.807, 2.05) is 0 Å². The van der Waals surface area contributed by atoms with Gasteiger partial charge in [0.05, 0.1) is 0 Å². The maximum absolute atomic E-state index is 5.94. The van der Waals surface area contributed by atoms with Gasteiger partial charge in [0.2, 0.25) is 0 Å². The third-order valence-electron chi connectivity index (χ3n) is 3.88. The zero-order valence-corrected chi connectivity index (χ0v) is 11.4. The number of hydrogen-bond donors (Lipinski definition) is 1. The monoisotopic (exact) mass is 230 g/mol. The van der Waals surface area contributed by atoms with Crippen molar-refractivity contribution >= 4 is 11.8 Å². The second kappa shape index (κ2) is 6.12. The van der Waals surface area contributed by atoms with Crippen molar-refractivity contribution in [3.05, 3.63) is 0 Å². The third-order valence-corrected chi connectivity index (χ3v) is 5.07. The molecule has 0 saturated carbocycles. The number of thioether (sulfide) groups is 1. The Morgan fingerprint density at radius 2 is 2.07 bits per heavy atom. The molecule has 1 aliphatic heterocycles. The van der Waals surface area contributed by atoms with Crippen molar-refractivity contribution < 1.29 is 0 Å². The average molecular weight is 230 g/mol. The van der Waals surface area contributed by atoms with Crippen LogP contribution in [-0.4, -0.2) is 42.1 Å². The van der Waals surface area contributed by atoms with Gasteiger partial charge in [-0.25, -0.2) is 0 Å². The standard InChI is InChI=1S/C12H26N2S/c1-9(2)10(3)14(4)12(7-13)11-5-6-15-8-11/h9-12H,5-8,13H2,1-4H3. The van der Waals surface area contributed by atoms with Crippen molar-refractivity contribution in [3.63, 3.8) is 0 Å². The predicted molar refractivity (Wildman–Crippen MR) is 70.3 cm³/mol. The van der Waals surface area contributed by atoms with Gasteiger partial charge in [-0.05, 0) is 43.7 Å². The summed E-state index contributed by atoms with van der Waals surface area (Å²) in [7, 11) is 2.24. The molecule has 0 radical (unpaired) electrons. The Labute approximate surface area is 99.0 Å². The molecular weight excluding hydrogens is 204 g/mol. The first-order valence-corrected chi connectivity index (χ1v) is 7.23. The molecule has 1 aliphatic rings. The molecule has 90 valence electrons. The highest BCUT2D eigenvalue weighted by Gasteiger charge is 2.30. The van der Waals surface area contributed by atoms with Gasteiger partial charge < -0.3 is 5.73 Å². The molecule has 0 bridgehead atoms. The number of nitrogens with two attached hydrogens (primary N) is 1. The first kappa shape index (κ1) is 13.3. The van der Waals surface area contributed by atoms with Gasteiger partial charge in [0.1, 0.15) is 0 Å². The minimum Gasteiger partial charge on any atom is -0.329 e. The normalized spacial score (nSPS) is 26.2. The van der Waals surface area contributed by atoms with E-state index < -0.39 is 0 Å². The number of rotatable bonds is 5. The summed E-state index contributed by atoms with van der Waals surface area (Å²) in [6.45, 7) is 7.70. The Morgan fingerprint density at radius 1 is 1.40 bits per heavy atom. The quantitative estimate of drug-likeness (QED) is 0.784. The van der Waals surface area contributed by atoms with E-state index in [1.54, 1.807) is 0 Å². The molecule has 1 heterocycles. The molecule has 0 aromatic carbocycles. The minimum absolute atomic E-state index is 0.581. The molecule has 2 nitrogen and oxygen atoms in total. The van der Waals surface area contributed by atoms with E-state index in [1.165, 1.54) is 17.9 Å². The fourth-order valence-corrected chi connectivity index (χ4v) is 3.65. The topological polar surface area (TPSA) is 29.3 Å². The summed E-state index contributed by atoms with van der Waals surface area (Å²) >= 11 is 2.08. The molecule has 1 saturated heterocycles. The van der Waals surface area contributed by atoms with Crippen molar-refractivity contribution in [1.82, 2.24) is 4.90 Å². The van der Waals surface area contributed by atoms with E-state index in [0.717, 1.165) is 12.5 Å². The molecule has 0 aliphatic carbocycles. The lowest BCUT2D eigenvalue weighted by Crippen LogP contribution is -2.49. The Morgan fingerprint density at radius 3 is 2.47 bits per heavy atom. The van der Waals surface area contributed by atoms with Gasteiger partial charge in [0.25, 0.3) is 0 Å². The molecule has 3 unspecified atom stereocenters. The molecule has 0 spiro atoms. The van der Waals surface area contributed by atoms with E-state index in [-0.39, 0.29) is 0 Å². The molecule has 0 amide bonds. The first-order valence-electron chi connectivity index (χ1n) is 6.07. The second-order valence-corrected chi connectivity index (χ2v) is 6.23. The van der Waals surface area contributed by atoms with Gasteiger partial charge in [0.15, 0.2) is 0 Å². The van der Waals surface area contributed by atoms with E-state index >= 15 is 0 Å². The molecule has 2 N–H and O–H groups in total. The van der Waals surface area contributed by atoms with Crippen LogP contribution < -0.4 is 5.73 Å². The highest BCUT2D eigenvalue weighted by atomic mass is 32.2. The smallest absolute Gasteiger partial charge is 0.0254 e. The van der Waals surface area contributed by atoms with E-state index in [4.69, 9.17) is 5.73 Å². The van der Waals surface area contributed by atoms with Gasteiger partial charge in [-0.3, -0.25) is 4.90 Å². The fraction of sp³-hybridized carbons (Fsp3) is 1.00. The SMILES string of the molecule is CC(C)C(C)N(C)C(CN)C1CCSC1. The first-order chi connectivity index (χ1) is 7.07. The highest BCUT2D eigenvalue weighted by Crippen LogP contribution is 2.29. The molecular formula is C12H26N2S.